The molecule has 0 radical (unpaired) electrons. The van der Waals surface area contributed by atoms with E-state index in [1.165, 1.54) is 0 Å². The van der Waals surface area contributed by atoms with Crippen LogP contribution in [0.3, 0.4) is 0 Å². The number of rotatable bonds is 10. The Morgan fingerprint density at radius 2 is 1.58 bits per heavy atom. The maximum Gasteiger partial charge on any atom is 0.252 e. The summed E-state index contributed by atoms with van der Waals surface area (Å²) < 4.78 is 10.7. The quantitative estimate of drug-likeness (QED) is 0.417. The van der Waals surface area contributed by atoms with E-state index in [9.17, 15) is 9.59 Å². The van der Waals surface area contributed by atoms with Crippen molar-refractivity contribution in [2.45, 2.75) is 25.4 Å². The van der Waals surface area contributed by atoms with Gasteiger partial charge in [0.05, 0.1) is 27.2 Å². The smallest absolute Gasteiger partial charge is 0.252 e. The van der Waals surface area contributed by atoms with Crippen LogP contribution < -0.4 is 14.8 Å². The predicted molar refractivity (Wildman–Crippen MR) is 143 cm³/mol. The van der Waals surface area contributed by atoms with Crippen molar-refractivity contribution in [3.8, 4) is 11.5 Å². The van der Waals surface area contributed by atoms with E-state index in [2.05, 4.69) is 5.32 Å². The number of benzene rings is 3. The maximum atomic E-state index is 13.5. The number of nitrogens with one attached hydrogen (secondary N) is 1. The lowest BCUT2D eigenvalue weighted by Gasteiger charge is -2.24. The van der Waals surface area contributed by atoms with Gasteiger partial charge in [0.2, 0.25) is 5.91 Å². The van der Waals surface area contributed by atoms with Crippen LogP contribution in [-0.4, -0.2) is 53.5 Å². The molecule has 1 heterocycles. The number of hydrogen-bond acceptors (Lipinski definition) is 5. The molecule has 2 amide bonds. The van der Waals surface area contributed by atoms with Gasteiger partial charge in [0.15, 0.2) is 16.6 Å². The molecule has 1 N–H and O–H groups in total. The number of thiocarbonyl (C=S) groups is 1. The van der Waals surface area contributed by atoms with E-state index in [0.29, 0.717) is 41.8 Å². The first-order valence-corrected chi connectivity index (χ1v) is 12.1. The highest BCUT2D eigenvalue weighted by Crippen LogP contribution is 2.29. The Kier molecular flexibility index (Phi) is 8.17. The van der Waals surface area contributed by atoms with Crippen LogP contribution in [0, 0.1) is 0 Å². The number of carbonyl (C=O) groups excluding carboxylic acids is 2. The number of methoxy groups -OCH3 is 2. The number of nitrogens with zero attached hydrogens (tertiary/aromatic N) is 2. The second kappa shape index (κ2) is 11.7. The monoisotopic (exact) mass is 503 g/mol. The lowest BCUT2D eigenvalue weighted by atomic mass is 10.1. The number of anilines is 1. The Balaban J connectivity index is 1.52. The number of amides is 2. The molecule has 8 heteroatoms. The molecule has 36 heavy (non-hydrogen) atoms. The van der Waals surface area contributed by atoms with Gasteiger partial charge in [0.25, 0.3) is 5.91 Å². The number of para-hydroxylation sites is 1. The van der Waals surface area contributed by atoms with Crippen molar-refractivity contribution in [2.75, 3.05) is 26.1 Å². The molecule has 1 aliphatic rings. The first-order valence-electron chi connectivity index (χ1n) is 11.7. The summed E-state index contributed by atoms with van der Waals surface area (Å²) >= 11 is 5.76. The van der Waals surface area contributed by atoms with E-state index >= 15 is 0 Å². The Labute approximate surface area is 216 Å². The van der Waals surface area contributed by atoms with E-state index < -0.39 is 6.04 Å². The molecule has 1 aliphatic heterocycles. The van der Waals surface area contributed by atoms with Gasteiger partial charge in [-0.2, -0.15) is 0 Å². The lowest BCUT2D eigenvalue weighted by Crippen LogP contribution is -2.39. The van der Waals surface area contributed by atoms with Gasteiger partial charge in [-0.25, -0.2) is 0 Å². The molecule has 0 saturated carbocycles. The fourth-order valence-electron chi connectivity index (χ4n) is 4.25. The average Bonchev–Trinajstić information content (AvgIpc) is 3.12. The summed E-state index contributed by atoms with van der Waals surface area (Å²) in [6.07, 6.45) is 0.620. The summed E-state index contributed by atoms with van der Waals surface area (Å²) in [7, 11) is 3.19. The van der Waals surface area contributed by atoms with Gasteiger partial charge in [-0.15, -0.1) is 0 Å². The third kappa shape index (κ3) is 5.83. The lowest BCUT2D eigenvalue weighted by molar-refractivity contribution is -0.131. The first kappa shape index (κ1) is 25.2. The fourth-order valence-corrected chi connectivity index (χ4v) is 4.62. The third-order valence-corrected chi connectivity index (χ3v) is 6.57. The van der Waals surface area contributed by atoms with Crippen LogP contribution >= 0.6 is 12.2 Å². The van der Waals surface area contributed by atoms with Gasteiger partial charge in [-0.05, 0) is 54.0 Å². The van der Waals surface area contributed by atoms with Crippen molar-refractivity contribution in [3.63, 3.8) is 0 Å². The third-order valence-electron chi connectivity index (χ3n) is 6.11. The zero-order chi connectivity index (χ0) is 25.5. The summed E-state index contributed by atoms with van der Waals surface area (Å²) in [5, 5.41) is 3.31. The molecule has 1 atom stereocenters. The summed E-state index contributed by atoms with van der Waals surface area (Å²) in [4.78, 5) is 29.8. The minimum atomic E-state index is -0.676. The van der Waals surface area contributed by atoms with Gasteiger partial charge < -0.3 is 19.7 Å². The highest BCUT2D eigenvalue weighted by Gasteiger charge is 2.43. The SMILES string of the molecule is COc1ccc(CCN2C(=S)N(Cc3ccccc3)C(=O)C2CC(=O)Nc2ccccc2)cc1OC. The molecule has 0 bridgehead atoms. The van der Waals surface area contributed by atoms with Crippen molar-refractivity contribution in [3.05, 3.63) is 90.0 Å². The molecule has 1 fully saturated rings. The Morgan fingerprint density at radius 1 is 0.917 bits per heavy atom. The summed E-state index contributed by atoms with van der Waals surface area (Å²) in [6, 6.07) is 24.0. The van der Waals surface area contributed by atoms with Crippen molar-refractivity contribution in [1.29, 1.82) is 0 Å². The average molecular weight is 504 g/mol. The minimum Gasteiger partial charge on any atom is -0.493 e. The second-order valence-electron chi connectivity index (χ2n) is 8.46. The topological polar surface area (TPSA) is 71.1 Å². The van der Waals surface area contributed by atoms with Crippen molar-refractivity contribution in [1.82, 2.24) is 9.80 Å². The normalized spacial score (nSPS) is 15.2. The predicted octanol–water partition coefficient (Wildman–Crippen LogP) is 4.27. The molecule has 7 nitrogen and oxygen atoms in total. The van der Waals surface area contributed by atoms with Crippen LogP contribution in [0.2, 0.25) is 0 Å². The first-order chi connectivity index (χ1) is 17.5. The summed E-state index contributed by atoms with van der Waals surface area (Å²) in [6.45, 7) is 0.844. The van der Waals surface area contributed by atoms with Crippen molar-refractivity contribution < 1.29 is 19.1 Å². The van der Waals surface area contributed by atoms with Gasteiger partial charge in [0, 0.05) is 12.2 Å². The van der Waals surface area contributed by atoms with Gasteiger partial charge in [0.1, 0.15) is 6.04 Å². The van der Waals surface area contributed by atoms with Crippen LogP contribution in [0.5, 0.6) is 11.5 Å². The summed E-state index contributed by atoms with van der Waals surface area (Å²) in [5.41, 5.74) is 2.67. The van der Waals surface area contributed by atoms with Crippen LogP contribution in [0.1, 0.15) is 17.5 Å². The molecule has 0 aliphatic carbocycles. The van der Waals surface area contributed by atoms with Crippen molar-refractivity contribution >= 4 is 34.8 Å². The zero-order valence-corrected chi connectivity index (χ0v) is 21.2. The molecule has 186 valence electrons. The van der Waals surface area contributed by atoms with Crippen LogP contribution in [-0.2, 0) is 22.6 Å². The highest BCUT2D eigenvalue weighted by molar-refractivity contribution is 7.80. The van der Waals surface area contributed by atoms with Crippen molar-refractivity contribution in [2.24, 2.45) is 0 Å². The van der Waals surface area contributed by atoms with E-state index in [1.54, 1.807) is 19.1 Å². The standard InChI is InChI=1S/C28H29N3O4S/c1-34-24-14-13-20(17-25(24)35-2)15-16-30-23(18-26(32)29-22-11-7-4-8-12-22)27(33)31(28(30)36)19-21-9-5-3-6-10-21/h3-14,17,23H,15-16,18-19H2,1-2H3,(H,29,32). The van der Waals surface area contributed by atoms with Crippen LogP contribution in [0.15, 0.2) is 78.9 Å². The molecule has 3 aromatic carbocycles. The van der Waals surface area contributed by atoms with E-state index in [1.807, 2.05) is 83.8 Å². The number of hydrogen-bond donors (Lipinski definition) is 1. The minimum absolute atomic E-state index is 0.00505. The summed E-state index contributed by atoms with van der Waals surface area (Å²) in [5.74, 6) is 0.886. The molecule has 4 rings (SSSR count). The number of carbonyl (C=O) groups is 2. The molecular weight excluding hydrogens is 474 g/mol. The zero-order valence-electron chi connectivity index (χ0n) is 20.3. The molecule has 0 aromatic heterocycles. The van der Waals surface area contributed by atoms with E-state index in [-0.39, 0.29) is 18.2 Å². The molecule has 0 spiro atoms. The second-order valence-corrected chi connectivity index (χ2v) is 8.82. The molecular formula is C28H29N3O4S. The van der Waals surface area contributed by atoms with Gasteiger partial charge in [-0.1, -0.05) is 54.6 Å². The fraction of sp³-hybridized carbons (Fsp3) is 0.250. The Hall–Kier alpha value is -3.91. The highest BCUT2D eigenvalue weighted by atomic mass is 32.1. The molecule has 1 unspecified atom stereocenters. The molecule has 3 aromatic rings. The largest absolute Gasteiger partial charge is 0.493 e. The molecule has 1 saturated heterocycles. The Morgan fingerprint density at radius 3 is 2.25 bits per heavy atom. The van der Waals surface area contributed by atoms with Crippen LogP contribution in [0.25, 0.3) is 0 Å². The van der Waals surface area contributed by atoms with E-state index in [4.69, 9.17) is 21.7 Å². The Bertz CT molecular complexity index is 1220. The van der Waals surface area contributed by atoms with Gasteiger partial charge in [-0.3, -0.25) is 14.5 Å². The number of ether oxygens (including phenoxy) is 2. The van der Waals surface area contributed by atoms with Crippen LogP contribution in [0.4, 0.5) is 5.69 Å². The van der Waals surface area contributed by atoms with Gasteiger partial charge >= 0.3 is 0 Å². The maximum absolute atomic E-state index is 13.5. The van der Waals surface area contributed by atoms with E-state index in [0.717, 1.165) is 11.1 Å².